The molecular weight excluding hydrogens is 300 g/mol. The number of nitrogens with one attached hydrogen (secondary N) is 1. The zero-order chi connectivity index (χ0) is 14.9. The van der Waals surface area contributed by atoms with Gasteiger partial charge in [-0.15, -0.1) is 0 Å². The molecule has 106 valence electrons. The second kappa shape index (κ2) is 5.38. The van der Waals surface area contributed by atoms with E-state index in [1.54, 1.807) is 39.0 Å². The molecule has 5 nitrogen and oxygen atoms in total. The van der Waals surface area contributed by atoms with E-state index >= 15 is 0 Å². The van der Waals surface area contributed by atoms with E-state index in [2.05, 4.69) is 10.3 Å². The maximum Gasteiger partial charge on any atom is 0.413 e. The van der Waals surface area contributed by atoms with Gasteiger partial charge in [0.15, 0.2) is 5.13 Å². The summed E-state index contributed by atoms with van der Waals surface area (Å²) >= 11 is 6.75. The van der Waals surface area contributed by atoms with Crippen molar-refractivity contribution in [3.63, 3.8) is 0 Å². The van der Waals surface area contributed by atoms with Crippen LogP contribution in [-0.2, 0) is 4.74 Å². The van der Waals surface area contributed by atoms with E-state index in [-0.39, 0.29) is 0 Å². The average Bonchev–Trinajstić information content (AvgIpc) is 2.67. The predicted molar refractivity (Wildman–Crippen MR) is 79.7 cm³/mol. The molecule has 0 unspecified atom stereocenters. The highest BCUT2D eigenvalue weighted by atomic mass is 35.5. The largest absolute Gasteiger partial charge is 0.444 e. The number of fused-ring (bicyclic) bond motifs is 1. The molecule has 0 saturated carbocycles. The Morgan fingerprint density at radius 2 is 2.05 bits per heavy atom. The number of amides is 1. The number of rotatable bonds is 2. The highest BCUT2D eigenvalue weighted by molar-refractivity contribution is 7.22. The zero-order valence-corrected chi connectivity index (χ0v) is 12.8. The molecule has 0 spiro atoms. The average molecular weight is 313 g/mol. The Balaban J connectivity index is 2.27. The van der Waals surface area contributed by atoms with Gasteiger partial charge in [0.1, 0.15) is 5.60 Å². The number of thiazole rings is 1. The Morgan fingerprint density at radius 1 is 1.35 bits per heavy atom. The van der Waals surface area contributed by atoms with Crippen molar-refractivity contribution in [3.8, 4) is 0 Å². The lowest BCUT2D eigenvalue weighted by Crippen LogP contribution is -2.27. The summed E-state index contributed by atoms with van der Waals surface area (Å²) in [5, 5.41) is 2.33. The first-order chi connectivity index (χ1) is 9.26. The Hall–Kier alpha value is -1.66. The number of benzene rings is 1. The monoisotopic (exact) mass is 312 g/mol. The Kier molecular flexibility index (Phi) is 3.96. The molecular formula is C13H13ClN2O3S. The topological polar surface area (TPSA) is 68.3 Å². The minimum atomic E-state index is -0.588. The summed E-state index contributed by atoms with van der Waals surface area (Å²) < 4.78 is 5.91. The van der Waals surface area contributed by atoms with Crippen molar-refractivity contribution in [2.24, 2.45) is 0 Å². The number of anilines is 1. The van der Waals surface area contributed by atoms with Crippen LogP contribution in [0.25, 0.3) is 10.2 Å². The highest BCUT2D eigenvalue weighted by Gasteiger charge is 2.18. The number of hydrogen-bond acceptors (Lipinski definition) is 5. The Labute approximate surface area is 124 Å². The molecule has 0 radical (unpaired) electrons. The second-order valence-electron chi connectivity index (χ2n) is 5.07. The van der Waals surface area contributed by atoms with Crippen LogP contribution in [0.1, 0.15) is 31.1 Å². The van der Waals surface area contributed by atoms with Gasteiger partial charge in [-0.05, 0) is 44.5 Å². The Bertz CT molecular complexity index is 676. The number of halogens is 1. The van der Waals surface area contributed by atoms with Gasteiger partial charge in [0.25, 0.3) is 5.24 Å². The molecule has 0 saturated heterocycles. The molecule has 2 aromatic rings. The summed E-state index contributed by atoms with van der Waals surface area (Å²) in [6.45, 7) is 5.32. The van der Waals surface area contributed by atoms with Gasteiger partial charge in [0, 0.05) is 0 Å². The van der Waals surface area contributed by atoms with Crippen molar-refractivity contribution in [2.75, 3.05) is 5.32 Å². The molecule has 1 aromatic heterocycles. The molecule has 0 bridgehead atoms. The molecule has 20 heavy (non-hydrogen) atoms. The second-order valence-corrected chi connectivity index (χ2v) is 6.45. The normalized spacial score (nSPS) is 11.4. The molecule has 0 aliphatic rings. The minimum absolute atomic E-state index is 0.317. The third kappa shape index (κ3) is 3.46. The predicted octanol–water partition coefficient (Wildman–Crippen LogP) is 4.02. The van der Waals surface area contributed by atoms with E-state index in [4.69, 9.17) is 16.3 Å². The van der Waals surface area contributed by atoms with Gasteiger partial charge in [-0.25, -0.2) is 9.78 Å². The molecule has 0 atom stereocenters. The number of nitrogens with zero attached hydrogens (tertiary/aromatic N) is 1. The molecule has 1 heterocycles. The van der Waals surface area contributed by atoms with Crippen molar-refractivity contribution < 1.29 is 14.3 Å². The van der Waals surface area contributed by atoms with E-state index < -0.39 is 16.9 Å². The van der Waals surface area contributed by atoms with Crippen LogP contribution in [0.5, 0.6) is 0 Å². The molecule has 0 aliphatic heterocycles. The van der Waals surface area contributed by atoms with Crippen molar-refractivity contribution >= 4 is 49.6 Å². The zero-order valence-electron chi connectivity index (χ0n) is 11.2. The summed E-state index contributed by atoms with van der Waals surface area (Å²) in [5.74, 6) is 0. The van der Waals surface area contributed by atoms with Crippen LogP contribution < -0.4 is 5.32 Å². The first-order valence-electron chi connectivity index (χ1n) is 5.85. The van der Waals surface area contributed by atoms with Gasteiger partial charge in [-0.3, -0.25) is 10.1 Å². The summed E-state index contributed by atoms with van der Waals surface area (Å²) in [4.78, 5) is 27.2. The summed E-state index contributed by atoms with van der Waals surface area (Å²) in [6, 6.07) is 5.11. The lowest BCUT2D eigenvalue weighted by molar-refractivity contribution is 0.0636. The van der Waals surface area contributed by atoms with Crippen LogP contribution in [0.15, 0.2) is 18.2 Å². The summed E-state index contributed by atoms with van der Waals surface area (Å²) in [6.07, 6.45) is -0.588. The van der Waals surface area contributed by atoms with Gasteiger partial charge in [0.05, 0.1) is 15.8 Å². The van der Waals surface area contributed by atoms with Gasteiger partial charge >= 0.3 is 6.09 Å². The van der Waals surface area contributed by atoms with E-state index in [1.165, 1.54) is 11.3 Å². The fourth-order valence-electron chi connectivity index (χ4n) is 1.55. The van der Waals surface area contributed by atoms with Crippen LogP contribution in [0.2, 0.25) is 0 Å². The van der Waals surface area contributed by atoms with Crippen LogP contribution in [0.3, 0.4) is 0 Å². The van der Waals surface area contributed by atoms with Gasteiger partial charge in [-0.1, -0.05) is 17.4 Å². The lowest BCUT2D eigenvalue weighted by Gasteiger charge is -2.18. The third-order valence-corrected chi connectivity index (χ3v) is 3.38. The van der Waals surface area contributed by atoms with Gasteiger partial charge in [-0.2, -0.15) is 0 Å². The highest BCUT2D eigenvalue weighted by Crippen LogP contribution is 2.29. The molecule has 2 rings (SSSR count). The Morgan fingerprint density at radius 3 is 2.65 bits per heavy atom. The quantitative estimate of drug-likeness (QED) is 0.850. The molecule has 0 fully saturated rings. The van der Waals surface area contributed by atoms with Crippen molar-refractivity contribution in [1.29, 1.82) is 0 Å². The van der Waals surface area contributed by atoms with E-state index in [9.17, 15) is 9.59 Å². The minimum Gasteiger partial charge on any atom is -0.444 e. The van der Waals surface area contributed by atoms with Crippen molar-refractivity contribution in [2.45, 2.75) is 26.4 Å². The number of aromatic nitrogens is 1. The molecule has 7 heteroatoms. The van der Waals surface area contributed by atoms with Crippen LogP contribution in [0.4, 0.5) is 9.93 Å². The lowest BCUT2D eigenvalue weighted by atomic mass is 10.2. The standard InChI is InChI=1S/C13H13ClN2O3S/c1-13(2,3)19-12(18)16-11-15-9-7(10(14)17)5-4-6-8(9)20-11/h4-6H,1-3H3,(H,15,16,18). The first-order valence-corrected chi connectivity index (χ1v) is 7.05. The summed E-state index contributed by atoms with van der Waals surface area (Å²) in [7, 11) is 0. The number of para-hydroxylation sites is 1. The maximum atomic E-state index is 11.7. The number of carbonyl (C=O) groups excluding carboxylic acids is 2. The maximum absolute atomic E-state index is 11.7. The molecule has 1 aromatic carbocycles. The SMILES string of the molecule is CC(C)(C)OC(=O)Nc1nc2c(C(=O)Cl)cccc2s1. The molecule has 0 aliphatic carbocycles. The first kappa shape index (κ1) is 14.7. The fourth-order valence-corrected chi connectivity index (χ4v) is 2.58. The number of ether oxygens (including phenoxy) is 1. The fraction of sp³-hybridized carbons (Fsp3) is 0.308. The van der Waals surface area contributed by atoms with Gasteiger partial charge in [0.2, 0.25) is 0 Å². The van der Waals surface area contributed by atoms with Crippen molar-refractivity contribution in [1.82, 2.24) is 4.98 Å². The number of carbonyl (C=O) groups is 2. The summed E-state index contributed by atoms with van der Waals surface area (Å²) in [5.41, 5.74) is 0.208. The van der Waals surface area contributed by atoms with Crippen LogP contribution >= 0.6 is 22.9 Å². The van der Waals surface area contributed by atoms with Crippen LogP contribution in [0, 0.1) is 0 Å². The molecule has 1 amide bonds. The van der Waals surface area contributed by atoms with Crippen molar-refractivity contribution in [3.05, 3.63) is 23.8 Å². The number of hydrogen-bond donors (Lipinski definition) is 1. The third-order valence-electron chi connectivity index (χ3n) is 2.24. The molecule has 1 N–H and O–H groups in total. The smallest absolute Gasteiger partial charge is 0.413 e. The van der Waals surface area contributed by atoms with E-state index in [0.717, 1.165) is 4.70 Å². The van der Waals surface area contributed by atoms with E-state index in [0.29, 0.717) is 16.2 Å². The van der Waals surface area contributed by atoms with E-state index in [1.807, 2.05) is 0 Å². The van der Waals surface area contributed by atoms with Crippen LogP contribution in [-0.4, -0.2) is 21.9 Å². The van der Waals surface area contributed by atoms with Gasteiger partial charge < -0.3 is 4.74 Å².